The molecular weight excluding hydrogens is 240 g/mol. The van der Waals surface area contributed by atoms with Crippen molar-refractivity contribution < 1.29 is 0 Å². The standard InChI is InChI=1S/C12H19ClN2S/c1-2-7-15(10-5-6-14-8-10)9-11-3-4-12(13)16-11/h3-4,10,14H,2,5-9H2,1H3. The summed E-state index contributed by atoms with van der Waals surface area (Å²) in [5.74, 6) is 0. The van der Waals surface area contributed by atoms with Gasteiger partial charge in [0.1, 0.15) is 0 Å². The predicted molar refractivity (Wildman–Crippen MR) is 71.3 cm³/mol. The van der Waals surface area contributed by atoms with E-state index in [9.17, 15) is 0 Å². The highest BCUT2D eigenvalue weighted by Gasteiger charge is 2.21. The minimum absolute atomic E-state index is 0.709. The van der Waals surface area contributed by atoms with E-state index in [2.05, 4.69) is 23.2 Å². The van der Waals surface area contributed by atoms with E-state index >= 15 is 0 Å². The highest BCUT2D eigenvalue weighted by Crippen LogP contribution is 2.24. The Morgan fingerprint density at radius 3 is 3.00 bits per heavy atom. The van der Waals surface area contributed by atoms with Crippen LogP contribution in [0, 0.1) is 0 Å². The molecule has 0 radical (unpaired) electrons. The molecule has 4 heteroatoms. The molecule has 0 bridgehead atoms. The van der Waals surface area contributed by atoms with Crippen molar-refractivity contribution >= 4 is 22.9 Å². The fourth-order valence-electron chi connectivity index (χ4n) is 2.27. The summed E-state index contributed by atoms with van der Waals surface area (Å²) in [5, 5.41) is 3.44. The second-order valence-electron chi connectivity index (χ2n) is 4.32. The molecule has 1 aliphatic rings. The molecule has 1 aliphatic heterocycles. The molecule has 16 heavy (non-hydrogen) atoms. The van der Waals surface area contributed by atoms with Gasteiger partial charge in [-0.15, -0.1) is 11.3 Å². The van der Waals surface area contributed by atoms with Crippen molar-refractivity contribution in [3.8, 4) is 0 Å². The van der Waals surface area contributed by atoms with Crippen LogP contribution >= 0.6 is 22.9 Å². The first-order chi connectivity index (χ1) is 7.79. The predicted octanol–water partition coefficient (Wildman–Crippen LogP) is 2.98. The van der Waals surface area contributed by atoms with Crippen molar-refractivity contribution in [2.24, 2.45) is 0 Å². The fourth-order valence-corrected chi connectivity index (χ4v) is 3.38. The zero-order valence-corrected chi connectivity index (χ0v) is 11.3. The van der Waals surface area contributed by atoms with Gasteiger partial charge in [0.05, 0.1) is 4.34 Å². The Labute approximate surface area is 107 Å². The van der Waals surface area contributed by atoms with Crippen LogP contribution in [0.15, 0.2) is 12.1 Å². The third-order valence-electron chi connectivity index (χ3n) is 3.05. The van der Waals surface area contributed by atoms with E-state index in [1.54, 1.807) is 11.3 Å². The molecular formula is C12H19ClN2S. The van der Waals surface area contributed by atoms with Crippen molar-refractivity contribution in [3.05, 3.63) is 21.3 Å². The maximum atomic E-state index is 5.97. The van der Waals surface area contributed by atoms with Gasteiger partial charge < -0.3 is 5.32 Å². The number of thiophene rings is 1. The maximum Gasteiger partial charge on any atom is 0.0931 e. The SMILES string of the molecule is CCCN(Cc1ccc(Cl)s1)C1CCNC1. The molecule has 1 atom stereocenters. The minimum atomic E-state index is 0.709. The Balaban J connectivity index is 1.96. The summed E-state index contributed by atoms with van der Waals surface area (Å²) in [6.45, 7) is 6.78. The van der Waals surface area contributed by atoms with Gasteiger partial charge in [0.15, 0.2) is 0 Å². The van der Waals surface area contributed by atoms with E-state index in [0.29, 0.717) is 6.04 Å². The van der Waals surface area contributed by atoms with Crippen LogP contribution in [0.2, 0.25) is 4.34 Å². The normalized spacial score (nSPS) is 20.8. The van der Waals surface area contributed by atoms with Crippen LogP contribution in [0.5, 0.6) is 0 Å². The number of hydrogen-bond donors (Lipinski definition) is 1. The summed E-state index contributed by atoms with van der Waals surface area (Å²) < 4.78 is 0.899. The summed E-state index contributed by atoms with van der Waals surface area (Å²) in [7, 11) is 0. The summed E-state index contributed by atoms with van der Waals surface area (Å²) in [5.41, 5.74) is 0. The smallest absolute Gasteiger partial charge is 0.0931 e. The summed E-state index contributed by atoms with van der Waals surface area (Å²) in [6, 6.07) is 4.86. The third kappa shape index (κ3) is 3.20. The van der Waals surface area contributed by atoms with Gasteiger partial charge in [-0.1, -0.05) is 18.5 Å². The Bertz CT molecular complexity index is 321. The number of halogens is 1. The van der Waals surface area contributed by atoms with Gasteiger partial charge in [0.2, 0.25) is 0 Å². The van der Waals surface area contributed by atoms with E-state index in [0.717, 1.165) is 24.0 Å². The molecule has 0 amide bonds. The van der Waals surface area contributed by atoms with E-state index in [1.165, 1.54) is 24.3 Å². The van der Waals surface area contributed by atoms with Crippen molar-refractivity contribution in [2.75, 3.05) is 19.6 Å². The van der Waals surface area contributed by atoms with Crippen molar-refractivity contribution in [1.29, 1.82) is 0 Å². The topological polar surface area (TPSA) is 15.3 Å². The Morgan fingerprint density at radius 2 is 2.44 bits per heavy atom. The number of hydrogen-bond acceptors (Lipinski definition) is 3. The van der Waals surface area contributed by atoms with Crippen LogP contribution in [0.1, 0.15) is 24.6 Å². The van der Waals surface area contributed by atoms with Gasteiger partial charge in [-0.2, -0.15) is 0 Å². The lowest BCUT2D eigenvalue weighted by Crippen LogP contribution is -2.36. The lowest BCUT2D eigenvalue weighted by molar-refractivity contribution is 0.201. The van der Waals surface area contributed by atoms with E-state index in [1.807, 2.05) is 6.07 Å². The van der Waals surface area contributed by atoms with Crippen LogP contribution in [0.4, 0.5) is 0 Å². The van der Waals surface area contributed by atoms with Crippen LogP contribution in [0.25, 0.3) is 0 Å². The second-order valence-corrected chi connectivity index (χ2v) is 6.12. The first-order valence-electron chi connectivity index (χ1n) is 5.98. The van der Waals surface area contributed by atoms with Gasteiger partial charge in [-0.25, -0.2) is 0 Å². The molecule has 2 heterocycles. The highest BCUT2D eigenvalue weighted by molar-refractivity contribution is 7.16. The summed E-state index contributed by atoms with van der Waals surface area (Å²) >= 11 is 7.67. The molecule has 0 aliphatic carbocycles. The fraction of sp³-hybridized carbons (Fsp3) is 0.667. The minimum Gasteiger partial charge on any atom is -0.315 e. The Kier molecular flexibility index (Phi) is 4.65. The van der Waals surface area contributed by atoms with Crippen LogP contribution in [-0.4, -0.2) is 30.6 Å². The van der Waals surface area contributed by atoms with Gasteiger partial charge in [-0.3, -0.25) is 4.90 Å². The van der Waals surface area contributed by atoms with Gasteiger partial charge in [0.25, 0.3) is 0 Å². The highest BCUT2D eigenvalue weighted by atomic mass is 35.5. The zero-order valence-electron chi connectivity index (χ0n) is 9.71. The molecule has 1 unspecified atom stereocenters. The molecule has 2 nitrogen and oxygen atoms in total. The average Bonchev–Trinajstić information content (AvgIpc) is 2.88. The second kappa shape index (κ2) is 6.01. The van der Waals surface area contributed by atoms with Crippen molar-refractivity contribution in [1.82, 2.24) is 10.2 Å². The Morgan fingerprint density at radius 1 is 1.56 bits per heavy atom. The molecule has 1 saturated heterocycles. The molecule has 1 N–H and O–H groups in total. The number of rotatable bonds is 5. The lowest BCUT2D eigenvalue weighted by Gasteiger charge is -2.27. The summed E-state index contributed by atoms with van der Waals surface area (Å²) in [6.07, 6.45) is 2.49. The van der Waals surface area contributed by atoms with Crippen molar-refractivity contribution in [3.63, 3.8) is 0 Å². The molecule has 2 rings (SSSR count). The van der Waals surface area contributed by atoms with Gasteiger partial charge in [0, 0.05) is 24.0 Å². The first-order valence-corrected chi connectivity index (χ1v) is 7.18. The number of nitrogens with one attached hydrogen (secondary N) is 1. The zero-order chi connectivity index (χ0) is 11.4. The van der Waals surface area contributed by atoms with Crippen LogP contribution in [-0.2, 0) is 6.54 Å². The summed E-state index contributed by atoms with van der Waals surface area (Å²) in [4.78, 5) is 3.97. The van der Waals surface area contributed by atoms with Gasteiger partial charge >= 0.3 is 0 Å². The molecule has 0 saturated carbocycles. The van der Waals surface area contributed by atoms with E-state index < -0.39 is 0 Å². The maximum absolute atomic E-state index is 5.97. The molecule has 1 aromatic rings. The average molecular weight is 259 g/mol. The third-order valence-corrected chi connectivity index (χ3v) is 4.27. The first kappa shape index (κ1) is 12.4. The van der Waals surface area contributed by atoms with Crippen LogP contribution < -0.4 is 5.32 Å². The van der Waals surface area contributed by atoms with Gasteiger partial charge in [-0.05, 0) is 38.1 Å². The van der Waals surface area contributed by atoms with Crippen LogP contribution in [0.3, 0.4) is 0 Å². The van der Waals surface area contributed by atoms with Crippen molar-refractivity contribution in [2.45, 2.75) is 32.4 Å². The molecule has 90 valence electrons. The largest absolute Gasteiger partial charge is 0.315 e. The quantitative estimate of drug-likeness (QED) is 0.874. The lowest BCUT2D eigenvalue weighted by atomic mass is 10.2. The monoisotopic (exact) mass is 258 g/mol. The van der Waals surface area contributed by atoms with E-state index in [4.69, 9.17) is 11.6 Å². The van der Waals surface area contributed by atoms with E-state index in [-0.39, 0.29) is 0 Å². The molecule has 0 spiro atoms. The molecule has 0 aromatic carbocycles. The molecule has 1 aromatic heterocycles. The Hall–Kier alpha value is -0.0900. The molecule has 1 fully saturated rings. The number of nitrogens with zero attached hydrogens (tertiary/aromatic N) is 1.